The molecule has 1 aromatic rings. The summed E-state index contributed by atoms with van der Waals surface area (Å²) in [5.41, 5.74) is 2.27. The van der Waals surface area contributed by atoms with E-state index in [0.29, 0.717) is 30.2 Å². The van der Waals surface area contributed by atoms with Gasteiger partial charge < -0.3 is 15.1 Å². The van der Waals surface area contributed by atoms with Crippen molar-refractivity contribution in [2.75, 3.05) is 39.3 Å². The molecular formula is C22H28ClN4O2+. The number of amides is 3. The van der Waals surface area contributed by atoms with E-state index in [2.05, 4.69) is 11.9 Å². The lowest BCUT2D eigenvalue weighted by atomic mass is 9.95. The summed E-state index contributed by atoms with van der Waals surface area (Å²) in [4.78, 5) is 31.2. The molecule has 0 aliphatic carbocycles. The van der Waals surface area contributed by atoms with Crippen molar-refractivity contribution in [2.24, 2.45) is 0 Å². The fourth-order valence-corrected chi connectivity index (χ4v) is 4.78. The molecule has 1 fully saturated rings. The third kappa shape index (κ3) is 4.05. The van der Waals surface area contributed by atoms with Crippen molar-refractivity contribution in [1.29, 1.82) is 0 Å². The molecule has 0 radical (unpaired) electrons. The van der Waals surface area contributed by atoms with Crippen molar-refractivity contribution in [3.63, 3.8) is 0 Å². The van der Waals surface area contributed by atoms with E-state index in [1.807, 2.05) is 23.1 Å². The van der Waals surface area contributed by atoms with Gasteiger partial charge in [-0.3, -0.25) is 9.69 Å². The number of halogens is 1. The molecule has 154 valence electrons. The lowest BCUT2D eigenvalue weighted by molar-refractivity contribution is -0.904. The molecule has 3 aliphatic heterocycles. The fourth-order valence-electron chi connectivity index (χ4n) is 4.58. The highest BCUT2D eigenvalue weighted by atomic mass is 35.5. The number of nitrogens with zero attached hydrogens (tertiary/aromatic N) is 2. The normalized spacial score (nSPS) is 22.7. The van der Waals surface area contributed by atoms with Gasteiger partial charge in [0.05, 0.1) is 50.0 Å². The molecule has 1 aromatic carbocycles. The Labute approximate surface area is 176 Å². The molecule has 3 aliphatic rings. The predicted molar refractivity (Wildman–Crippen MR) is 113 cm³/mol. The van der Waals surface area contributed by atoms with Gasteiger partial charge in [0.15, 0.2) is 0 Å². The molecule has 0 spiro atoms. The molecule has 4 rings (SSSR count). The third-order valence-corrected chi connectivity index (χ3v) is 6.32. The summed E-state index contributed by atoms with van der Waals surface area (Å²) in [7, 11) is 0. The van der Waals surface area contributed by atoms with Crippen LogP contribution in [0.4, 0.5) is 4.79 Å². The van der Waals surface area contributed by atoms with Crippen molar-refractivity contribution < 1.29 is 14.5 Å². The highest BCUT2D eigenvalue weighted by Gasteiger charge is 2.43. The van der Waals surface area contributed by atoms with Crippen molar-refractivity contribution in [3.8, 4) is 0 Å². The molecule has 6 nitrogen and oxygen atoms in total. The Morgan fingerprint density at radius 2 is 2.03 bits per heavy atom. The summed E-state index contributed by atoms with van der Waals surface area (Å²) in [5.74, 6) is 0.00967. The van der Waals surface area contributed by atoms with Crippen LogP contribution in [0.3, 0.4) is 0 Å². The summed E-state index contributed by atoms with van der Waals surface area (Å²) in [5, 5.41) is 3.58. The zero-order valence-electron chi connectivity index (χ0n) is 16.6. The number of rotatable bonds is 6. The second kappa shape index (κ2) is 8.59. The number of hydrogen-bond donors (Lipinski definition) is 2. The van der Waals surface area contributed by atoms with Gasteiger partial charge in [-0.15, -0.1) is 6.58 Å². The van der Waals surface area contributed by atoms with Crippen LogP contribution in [0.2, 0.25) is 5.02 Å². The minimum Gasteiger partial charge on any atom is -0.333 e. The van der Waals surface area contributed by atoms with E-state index in [0.717, 1.165) is 17.8 Å². The Kier molecular flexibility index (Phi) is 5.92. The Hall–Kier alpha value is -2.31. The van der Waals surface area contributed by atoms with Crippen molar-refractivity contribution >= 4 is 23.5 Å². The highest BCUT2D eigenvalue weighted by molar-refractivity contribution is 6.30. The number of carbonyl (C=O) groups excluding carboxylic acids is 2. The molecule has 0 saturated carbocycles. The SMILES string of the molecule is C=CCN1C(=O)N[C@H](c2cccc(Cl)c2)C2=C1CN(CC[NH+]1CCCCC1)C2=O. The van der Waals surface area contributed by atoms with Crippen LogP contribution in [-0.4, -0.2) is 61.0 Å². The monoisotopic (exact) mass is 415 g/mol. The molecule has 0 bridgehead atoms. The van der Waals surface area contributed by atoms with Crippen LogP contribution in [0.1, 0.15) is 30.9 Å². The predicted octanol–water partition coefficient (Wildman–Crippen LogP) is 1.76. The largest absolute Gasteiger partial charge is 0.333 e. The van der Waals surface area contributed by atoms with Crippen LogP contribution >= 0.6 is 11.6 Å². The molecular weight excluding hydrogens is 388 g/mol. The minimum absolute atomic E-state index is 0.00967. The van der Waals surface area contributed by atoms with Crippen molar-refractivity contribution in [1.82, 2.24) is 15.1 Å². The van der Waals surface area contributed by atoms with Gasteiger partial charge in [-0.05, 0) is 37.0 Å². The van der Waals surface area contributed by atoms with E-state index < -0.39 is 6.04 Å². The quantitative estimate of drug-likeness (QED) is 0.695. The maximum Gasteiger partial charge on any atom is 0.322 e. The highest BCUT2D eigenvalue weighted by Crippen LogP contribution is 2.36. The van der Waals surface area contributed by atoms with Gasteiger partial charge >= 0.3 is 6.03 Å². The van der Waals surface area contributed by atoms with E-state index in [4.69, 9.17) is 11.6 Å². The van der Waals surface area contributed by atoms with Crippen molar-refractivity contribution in [3.05, 3.63) is 58.8 Å². The summed E-state index contributed by atoms with van der Waals surface area (Å²) >= 11 is 6.17. The zero-order valence-corrected chi connectivity index (χ0v) is 17.4. The number of quaternary nitrogens is 1. The van der Waals surface area contributed by atoms with E-state index in [1.54, 1.807) is 21.9 Å². The number of benzene rings is 1. The number of hydrogen-bond acceptors (Lipinski definition) is 2. The molecule has 0 unspecified atom stereocenters. The third-order valence-electron chi connectivity index (χ3n) is 6.09. The Morgan fingerprint density at radius 3 is 2.76 bits per heavy atom. The average Bonchev–Trinajstić information content (AvgIpc) is 3.05. The molecule has 1 saturated heterocycles. The summed E-state index contributed by atoms with van der Waals surface area (Å²) in [6.07, 6.45) is 5.53. The van der Waals surface area contributed by atoms with Crippen LogP contribution in [0.5, 0.6) is 0 Å². The molecule has 7 heteroatoms. The van der Waals surface area contributed by atoms with Crippen LogP contribution in [0.25, 0.3) is 0 Å². The smallest absolute Gasteiger partial charge is 0.322 e. The Bertz CT molecular complexity index is 847. The fraction of sp³-hybridized carbons (Fsp3) is 0.455. The topological polar surface area (TPSA) is 57.1 Å². The number of urea groups is 1. The summed E-state index contributed by atoms with van der Waals surface area (Å²) in [6, 6.07) is 6.67. The summed E-state index contributed by atoms with van der Waals surface area (Å²) < 4.78 is 0. The first-order chi connectivity index (χ1) is 14.1. The molecule has 3 heterocycles. The van der Waals surface area contributed by atoms with Gasteiger partial charge in [0.2, 0.25) is 0 Å². The molecule has 29 heavy (non-hydrogen) atoms. The van der Waals surface area contributed by atoms with Gasteiger partial charge in [0, 0.05) is 11.6 Å². The number of likely N-dealkylation sites (tertiary alicyclic amines) is 1. The number of carbonyl (C=O) groups is 2. The van der Waals surface area contributed by atoms with Crippen LogP contribution < -0.4 is 10.2 Å². The van der Waals surface area contributed by atoms with Gasteiger partial charge in [0.1, 0.15) is 0 Å². The zero-order chi connectivity index (χ0) is 20.4. The van der Waals surface area contributed by atoms with Gasteiger partial charge in [0.25, 0.3) is 5.91 Å². The second-order valence-electron chi connectivity index (χ2n) is 7.98. The minimum atomic E-state index is -0.475. The second-order valence-corrected chi connectivity index (χ2v) is 8.42. The van der Waals surface area contributed by atoms with Gasteiger partial charge in [-0.25, -0.2) is 4.79 Å². The van der Waals surface area contributed by atoms with Crippen LogP contribution in [-0.2, 0) is 4.79 Å². The number of piperidine rings is 1. The first-order valence-electron chi connectivity index (χ1n) is 10.4. The standard InChI is InChI=1S/C22H27ClN4O2/c1-2-9-27-18-15-26(13-12-25-10-4-3-5-11-25)21(28)19(18)20(24-22(27)29)16-7-6-8-17(23)14-16/h2,6-8,14,20H,1,3-5,9-13,15H2,(H,24,29)/p+1/t20-/m1/s1. The molecule has 3 amide bonds. The summed E-state index contributed by atoms with van der Waals surface area (Å²) in [6.45, 7) is 8.65. The molecule has 0 aromatic heterocycles. The lowest BCUT2D eigenvalue weighted by Crippen LogP contribution is -3.13. The maximum absolute atomic E-state index is 13.4. The lowest BCUT2D eigenvalue weighted by Gasteiger charge is -2.33. The molecule has 2 N–H and O–H groups in total. The number of nitrogens with one attached hydrogen (secondary N) is 2. The van der Waals surface area contributed by atoms with Crippen molar-refractivity contribution in [2.45, 2.75) is 25.3 Å². The Balaban J connectivity index is 1.59. The van der Waals surface area contributed by atoms with E-state index >= 15 is 0 Å². The first kappa shape index (κ1) is 20.0. The van der Waals surface area contributed by atoms with E-state index in [1.165, 1.54) is 32.4 Å². The van der Waals surface area contributed by atoms with E-state index in [-0.39, 0.29) is 11.9 Å². The maximum atomic E-state index is 13.4. The Morgan fingerprint density at radius 1 is 1.24 bits per heavy atom. The van der Waals surface area contributed by atoms with Crippen LogP contribution in [0.15, 0.2) is 48.2 Å². The van der Waals surface area contributed by atoms with Gasteiger partial charge in [-0.1, -0.05) is 29.8 Å². The first-order valence-corrected chi connectivity index (χ1v) is 10.8. The average molecular weight is 416 g/mol. The van der Waals surface area contributed by atoms with Gasteiger partial charge in [-0.2, -0.15) is 0 Å². The molecule has 1 atom stereocenters. The van der Waals surface area contributed by atoms with Crippen LogP contribution in [0, 0.1) is 0 Å². The van der Waals surface area contributed by atoms with E-state index in [9.17, 15) is 9.59 Å².